The van der Waals surface area contributed by atoms with Crippen molar-refractivity contribution in [2.45, 2.75) is 52.1 Å². The molecule has 0 radical (unpaired) electrons. The van der Waals surface area contributed by atoms with E-state index in [4.69, 9.17) is 9.79 Å². The van der Waals surface area contributed by atoms with Gasteiger partial charge in [-0.05, 0) is 61.5 Å². The molecule has 8 heteroatoms. The van der Waals surface area contributed by atoms with Crippen molar-refractivity contribution in [1.82, 2.24) is 0 Å². The molecular weight excluding hydrogens is 395 g/mol. The summed E-state index contributed by atoms with van der Waals surface area (Å²) in [7, 11) is -4.70. The minimum absolute atomic E-state index is 0.00245. The van der Waals surface area contributed by atoms with Gasteiger partial charge in [-0.15, -0.1) is 0 Å². The molecule has 4 rings (SSSR count). The second kappa shape index (κ2) is 6.96. The molecule has 160 valence electrons. The minimum atomic E-state index is -4.70. The minimum Gasteiger partial charge on any atom is -0.393 e. The summed E-state index contributed by atoms with van der Waals surface area (Å²) in [4.78, 5) is 42.4. The first-order chi connectivity index (χ1) is 13.5. The zero-order valence-electron chi connectivity index (χ0n) is 16.8. The number of aliphatic hydroxyl groups is 1. The standard InChI is InChI=1S/C21H29O7P/c1-20-8-7-13(22)9-12(20)3-4-14-15-5-6-16(18(24)11-28-29(25,26)27)21(15,2)10-17(23)19(14)20/h7-9,14-17,19,23H,3-6,10-11H2,1-2H3,(H2,25,26,27)/t14?,15?,16-,17?,19?,20?,21?/m1/s1. The van der Waals surface area contributed by atoms with Crippen LogP contribution in [-0.4, -0.2) is 39.2 Å². The predicted octanol–water partition coefficient (Wildman–Crippen LogP) is 2.56. The monoisotopic (exact) mass is 424 g/mol. The number of carbonyl (C=O) groups is 2. The Hall–Kier alpha value is -1.11. The fraction of sp³-hybridized carbons (Fsp3) is 0.714. The average molecular weight is 424 g/mol. The van der Waals surface area contributed by atoms with Gasteiger partial charge in [0.2, 0.25) is 0 Å². The van der Waals surface area contributed by atoms with Gasteiger partial charge in [-0.25, -0.2) is 4.57 Å². The Kier molecular flexibility index (Phi) is 5.07. The topological polar surface area (TPSA) is 121 Å². The van der Waals surface area contributed by atoms with Crippen molar-refractivity contribution in [3.8, 4) is 0 Å². The highest BCUT2D eigenvalue weighted by molar-refractivity contribution is 7.46. The van der Waals surface area contributed by atoms with Crippen molar-refractivity contribution in [1.29, 1.82) is 0 Å². The molecule has 0 aliphatic heterocycles. The van der Waals surface area contributed by atoms with Crippen molar-refractivity contribution in [3.05, 3.63) is 23.8 Å². The van der Waals surface area contributed by atoms with Crippen molar-refractivity contribution in [2.24, 2.45) is 34.5 Å². The van der Waals surface area contributed by atoms with Gasteiger partial charge < -0.3 is 14.9 Å². The number of fused-ring (bicyclic) bond motifs is 5. The highest BCUT2D eigenvalue weighted by Gasteiger charge is 2.62. The fourth-order valence-corrected chi connectivity index (χ4v) is 7.40. The number of ketones is 2. The van der Waals surface area contributed by atoms with Crippen LogP contribution < -0.4 is 0 Å². The molecule has 7 nitrogen and oxygen atoms in total. The fourth-order valence-electron chi connectivity index (χ4n) is 7.10. The van der Waals surface area contributed by atoms with Crippen molar-refractivity contribution < 1.29 is 33.6 Å². The third-order valence-corrected chi connectivity index (χ3v) is 8.72. The van der Waals surface area contributed by atoms with Gasteiger partial charge in [-0.1, -0.05) is 25.5 Å². The number of phosphoric acid groups is 1. The van der Waals surface area contributed by atoms with E-state index in [-0.39, 0.29) is 40.7 Å². The van der Waals surface area contributed by atoms with Crippen LogP contribution in [0, 0.1) is 34.5 Å². The molecule has 0 amide bonds. The quantitative estimate of drug-likeness (QED) is 0.593. The van der Waals surface area contributed by atoms with Gasteiger partial charge in [0, 0.05) is 17.3 Å². The lowest BCUT2D eigenvalue weighted by atomic mass is 9.46. The zero-order valence-corrected chi connectivity index (χ0v) is 17.7. The second-order valence-electron chi connectivity index (χ2n) is 9.66. The molecule has 0 saturated heterocycles. The number of aliphatic hydroxyl groups excluding tert-OH is 1. The Labute approximate surface area is 170 Å². The summed E-state index contributed by atoms with van der Waals surface area (Å²) in [6.07, 6.45) is 8.34. The van der Waals surface area contributed by atoms with E-state index in [1.165, 1.54) is 0 Å². The molecule has 3 saturated carbocycles. The molecule has 3 N–H and O–H groups in total. The lowest BCUT2D eigenvalue weighted by Crippen LogP contribution is -2.56. The molecule has 0 heterocycles. The molecule has 0 aromatic carbocycles. The van der Waals surface area contributed by atoms with Gasteiger partial charge in [-0.3, -0.25) is 14.1 Å². The third-order valence-electron chi connectivity index (χ3n) is 8.26. The molecule has 0 aromatic rings. The van der Waals surface area contributed by atoms with E-state index in [0.717, 1.165) is 24.8 Å². The Balaban J connectivity index is 1.60. The zero-order chi connectivity index (χ0) is 21.2. The summed E-state index contributed by atoms with van der Waals surface area (Å²) in [5.74, 6) is -0.168. The first-order valence-corrected chi connectivity index (χ1v) is 11.8. The normalized spacial score (nSPS) is 44.0. The van der Waals surface area contributed by atoms with Crippen LogP contribution in [0.25, 0.3) is 0 Å². The van der Waals surface area contributed by atoms with Crippen molar-refractivity contribution in [2.75, 3.05) is 6.61 Å². The summed E-state index contributed by atoms with van der Waals surface area (Å²) in [6, 6.07) is 0. The van der Waals surface area contributed by atoms with Gasteiger partial charge in [0.25, 0.3) is 0 Å². The van der Waals surface area contributed by atoms with E-state index >= 15 is 0 Å². The van der Waals surface area contributed by atoms with Crippen LogP contribution in [0.15, 0.2) is 23.8 Å². The molecular formula is C21H29O7P. The molecule has 7 atom stereocenters. The van der Waals surface area contributed by atoms with E-state index in [1.807, 2.05) is 13.0 Å². The molecule has 0 bridgehead atoms. The van der Waals surface area contributed by atoms with Crippen LogP contribution in [0.2, 0.25) is 0 Å². The summed E-state index contributed by atoms with van der Waals surface area (Å²) >= 11 is 0. The number of rotatable bonds is 4. The van der Waals surface area contributed by atoms with Gasteiger partial charge >= 0.3 is 7.82 Å². The van der Waals surface area contributed by atoms with Crippen molar-refractivity contribution in [3.63, 3.8) is 0 Å². The summed E-state index contributed by atoms with van der Waals surface area (Å²) < 4.78 is 15.5. The number of phosphoric ester groups is 1. The van der Waals surface area contributed by atoms with E-state index in [1.54, 1.807) is 12.2 Å². The van der Waals surface area contributed by atoms with Crippen LogP contribution in [0.4, 0.5) is 0 Å². The Morgan fingerprint density at radius 3 is 2.69 bits per heavy atom. The molecule has 4 aliphatic rings. The predicted molar refractivity (Wildman–Crippen MR) is 104 cm³/mol. The SMILES string of the molecule is CC12C=CC(=O)C=C1CCC1C2C(O)CC2(C)C1CC[C@@H]2C(=O)COP(=O)(O)O. The van der Waals surface area contributed by atoms with E-state index in [9.17, 15) is 19.3 Å². The molecule has 4 aliphatic carbocycles. The Morgan fingerprint density at radius 2 is 2.00 bits per heavy atom. The Morgan fingerprint density at radius 1 is 1.28 bits per heavy atom. The lowest BCUT2D eigenvalue weighted by molar-refractivity contribution is -0.141. The smallest absolute Gasteiger partial charge is 0.393 e. The van der Waals surface area contributed by atoms with Gasteiger partial charge in [0.1, 0.15) is 6.61 Å². The van der Waals surface area contributed by atoms with Crippen LogP contribution in [0.1, 0.15) is 46.0 Å². The maximum atomic E-state index is 12.7. The van der Waals surface area contributed by atoms with E-state index < -0.39 is 25.9 Å². The first-order valence-electron chi connectivity index (χ1n) is 10.3. The summed E-state index contributed by atoms with van der Waals surface area (Å²) in [6.45, 7) is 3.55. The molecule has 29 heavy (non-hydrogen) atoms. The number of hydrogen-bond donors (Lipinski definition) is 3. The largest absolute Gasteiger partial charge is 0.470 e. The molecule has 0 aromatic heterocycles. The van der Waals surface area contributed by atoms with Gasteiger partial charge in [0.15, 0.2) is 11.6 Å². The maximum absolute atomic E-state index is 12.7. The summed E-state index contributed by atoms with van der Waals surface area (Å²) in [5.41, 5.74) is 0.333. The maximum Gasteiger partial charge on any atom is 0.470 e. The van der Waals surface area contributed by atoms with E-state index in [0.29, 0.717) is 12.8 Å². The second-order valence-corrected chi connectivity index (χ2v) is 10.9. The summed E-state index contributed by atoms with van der Waals surface area (Å²) in [5, 5.41) is 11.2. The van der Waals surface area contributed by atoms with E-state index in [2.05, 4.69) is 11.4 Å². The van der Waals surface area contributed by atoms with Crippen LogP contribution in [0.5, 0.6) is 0 Å². The lowest BCUT2D eigenvalue weighted by Gasteiger charge is -2.58. The number of hydrogen-bond acceptors (Lipinski definition) is 5. The Bertz CT molecular complexity index is 842. The number of allylic oxidation sites excluding steroid dienone is 4. The molecule has 3 fully saturated rings. The van der Waals surface area contributed by atoms with Gasteiger partial charge in [0.05, 0.1) is 6.10 Å². The highest BCUT2D eigenvalue weighted by atomic mass is 31.2. The highest BCUT2D eigenvalue weighted by Crippen LogP contribution is 2.66. The average Bonchev–Trinajstić information content (AvgIpc) is 2.96. The molecule has 6 unspecified atom stereocenters. The van der Waals surface area contributed by atoms with Crippen LogP contribution >= 0.6 is 7.82 Å². The third kappa shape index (κ3) is 3.41. The number of carbonyl (C=O) groups excluding carboxylic acids is 2. The number of Topliss-reactive ketones (excluding diaryl/α,β-unsaturated/α-hetero) is 1. The first kappa shape index (κ1) is 21.1. The van der Waals surface area contributed by atoms with Crippen LogP contribution in [-0.2, 0) is 18.7 Å². The van der Waals surface area contributed by atoms with Crippen LogP contribution in [0.3, 0.4) is 0 Å². The van der Waals surface area contributed by atoms with Gasteiger partial charge in [-0.2, -0.15) is 0 Å². The molecule has 0 spiro atoms. The van der Waals surface area contributed by atoms with Crippen molar-refractivity contribution >= 4 is 19.4 Å².